The largest absolute Gasteiger partial charge is 0.484 e. The highest BCUT2D eigenvalue weighted by Crippen LogP contribution is 2.27. The zero-order valence-electron chi connectivity index (χ0n) is 19.0. The fourth-order valence-corrected chi connectivity index (χ4v) is 4.33. The third-order valence-electron chi connectivity index (χ3n) is 5.98. The van der Waals surface area contributed by atoms with Gasteiger partial charge in [-0.05, 0) is 67.8 Å². The number of amides is 3. The quantitative estimate of drug-likeness (QED) is 0.546. The van der Waals surface area contributed by atoms with Gasteiger partial charge in [-0.3, -0.25) is 14.4 Å². The second-order valence-electron chi connectivity index (χ2n) is 8.58. The molecule has 2 aliphatic heterocycles. The second kappa shape index (κ2) is 11.0. The van der Waals surface area contributed by atoms with Gasteiger partial charge in [0.15, 0.2) is 6.61 Å². The van der Waals surface area contributed by atoms with Gasteiger partial charge in [0.05, 0.1) is 12.0 Å². The standard InChI is InChI=1S/C25H28BrN3O5/c1-16-11-18(4-9-22(16)26)28-23(30)15-34-20-7-5-19(6-8-20)29-14-17(12-24(29)31)25(32)27-13-21-3-2-10-33-21/h4-9,11,17,21H,2-3,10,12-15H2,1H3,(H,27,32)(H,28,30)/t17-,21+/m1/s1. The maximum atomic E-state index is 12.5. The lowest BCUT2D eigenvalue weighted by atomic mass is 10.1. The van der Waals surface area contributed by atoms with E-state index in [4.69, 9.17) is 9.47 Å². The molecule has 8 nitrogen and oxygen atoms in total. The SMILES string of the molecule is Cc1cc(NC(=O)COc2ccc(N3C[C@H](C(=O)NC[C@@H]4CCCO4)CC3=O)cc2)ccc1Br. The van der Waals surface area contributed by atoms with Crippen molar-refractivity contribution in [2.24, 2.45) is 5.92 Å². The highest BCUT2D eigenvalue weighted by Gasteiger charge is 2.35. The molecule has 0 spiro atoms. The molecule has 2 atom stereocenters. The van der Waals surface area contributed by atoms with Gasteiger partial charge in [-0.2, -0.15) is 0 Å². The Morgan fingerprint density at radius 3 is 2.71 bits per heavy atom. The topological polar surface area (TPSA) is 97.0 Å². The molecule has 2 heterocycles. The first-order valence-corrected chi connectivity index (χ1v) is 12.2. The highest BCUT2D eigenvalue weighted by atomic mass is 79.9. The number of ether oxygens (including phenoxy) is 2. The van der Waals surface area contributed by atoms with Crippen molar-refractivity contribution in [1.82, 2.24) is 5.32 Å². The molecular formula is C25H28BrN3O5. The number of carbonyl (C=O) groups excluding carboxylic acids is 3. The van der Waals surface area contributed by atoms with Crippen molar-refractivity contribution in [3.63, 3.8) is 0 Å². The molecule has 0 aromatic heterocycles. The molecular weight excluding hydrogens is 502 g/mol. The number of halogens is 1. The number of benzene rings is 2. The number of aryl methyl sites for hydroxylation is 1. The zero-order valence-corrected chi connectivity index (χ0v) is 20.6. The molecule has 2 aromatic rings. The predicted octanol–water partition coefficient (Wildman–Crippen LogP) is 3.42. The van der Waals surface area contributed by atoms with Gasteiger partial charge >= 0.3 is 0 Å². The summed E-state index contributed by atoms with van der Waals surface area (Å²) in [6.45, 7) is 3.38. The Kier molecular flexibility index (Phi) is 7.84. The van der Waals surface area contributed by atoms with Crippen LogP contribution in [0.5, 0.6) is 5.75 Å². The van der Waals surface area contributed by atoms with E-state index in [0.29, 0.717) is 30.2 Å². The van der Waals surface area contributed by atoms with E-state index in [1.807, 2.05) is 25.1 Å². The maximum Gasteiger partial charge on any atom is 0.262 e. The maximum absolute atomic E-state index is 12.5. The van der Waals surface area contributed by atoms with E-state index in [-0.39, 0.29) is 42.8 Å². The van der Waals surface area contributed by atoms with Crippen LogP contribution in [0.4, 0.5) is 11.4 Å². The normalized spacial score (nSPS) is 19.8. The van der Waals surface area contributed by atoms with E-state index >= 15 is 0 Å². The molecule has 0 saturated carbocycles. The van der Waals surface area contributed by atoms with Crippen LogP contribution in [0.3, 0.4) is 0 Å². The molecule has 0 aliphatic carbocycles. The van der Waals surface area contributed by atoms with E-state index in [2.05, 4.69) is 26.6 Å². The molecule has 0 unspecified atom stereocenters. The van der Waals surface area contributed by atoms with Crippen LogP contribution in [-0.4, -0.2) is 50.1 Å². The molecule has 2 fully saturated rings. The number of hydrogen-bond donors (Lipinski definition) is 2. The Balaban J connectivity index is 1.25. The Hall–Kier alpha value is -2.91. The number of carbonyl (C=O) groups is 3. The lowest BCUT2D eigenvalue weighted by molar-refractivity contribution is -0.126. The van der Waals surface area contributed by atoms with Crippen molar-refractivity contribution in [3.05, 3.63) is 52.5 Å². The Labute approximate surface area is 207 Å². The Morgan fingerprint density at radius 1 is 1.21 bits per heavy atom. The molecule has 3 amide bonds. The van der Waals surface area contributed by atoms with Crippen molar-refractivity contribution in [2.75, 3.05) is 36.5 Å². The fraction of sp³-hybridized carbons (Fsp3) is 0.400. The third kappa shape index (κ3) is 6.15. The minimum atomic E-state index is -0.379. The van der Waals surface area contributed by atoms with Gasteiger partial charge in [-0.25, -0.2) is 0 Å². The van der Waals surface area contributed by atoms with Gasteiger partial charge < -0.3 is 25.0 Å². The van der Waals surface area contributed by atoms with Gasteiger partial charge in [-0.1, -0.05) is 15.9 Å². The molecule has 2 aromatic carbocycles. The second-order valence-corrected chi connectivity index (χ2v) is 9.43. The van der Waals surface area contributed by atoms with Crippen LogP contribution in [0.1, 0.15) is 24.8 Å². The summed E-state index contributed by atoms with van der Waals surface area (Å²) in [7, 11) is 0. The first-order chi connectivity index (χ1) is 16.4. The summed E-state index contributed by atoms with van der Waals surface area (Å²) < 4.78 is 12.1. The van der Waals surface area contributed by atoms with E-state index in [9.17, 15) is 14.4 Å². The van der Waals surface area contributed by atoms with E-state index in [0.717, 1.165) is 29.5 Å². The Bertz CT molecular complexity index is 1050. The Morgan fingerprint density at radius 2 is 2.00 bits per heavy atom. The first-order valence-electron chi connectivity index (χ1n) is 11.4. The van der Waals surface area contributed by atoms with Gasteiger partial charge in [0.1, 0.15) is 5.75 Å². The predicted molar refractivity (Wildman–Crippen MR) is 132 cm³/mol. The smallest absolute Gasteiger partial charge is 0.262 e. The van der Waals surface area contributed by atoms with Crippen molar-refractivity contribution in [1.29, 1.82) is 0 Å². The number of nitrogens with zero attached hydrogens (tertiary/aromatic N) is 1. The van der Waals surface area contributed by atoms with Crippen LogP contribution in [0.15, 0.2) is 46.9 Å². The van der Waals surface area contributed by atoms with Crippen molar-refractivity contribution < 1.29 is 23.9 Å². The average Bonchev–Trinajstić information content (AvgIpc) is 3.49. The van der Waals surface area contributed by atoms with Crippen LogP contribution in [-0.2, 0) is 19.1 Å². The average molecular weight is 530 g/mol. The van der Waals surface area contributed by atoms with Crippen molar-refractivity contribution in [3.8, 4) is 5.75 Å². The summed E-state index contributed by atoms with van der Waals surface area (Å²) >= 11 is 3.43. The molecule has 4 rings (SSSR count). The molecule has 2 N–H and O–H groups in total. The number of anilines is 2. The molecule has 180 valence electrons. The number of hydrogen-bond acceptors (Lipinski definition) is 5. The van der Waals surface area contributed by atoms with Crippen LogP contribution in [0.2, 0.25) is 0 Å². The summed E-state index contributed by atoms with van der Waals surface area (Å²) in [5, 5.41) is 5.72. The number of nitrogens with one attached hydrogen (secondary N) is 2. The zero-order chi connectivity index (χ0) is 24.1. The summed E-state index contributed by atoms with van der Waals surface area (Å²) in [6, 6.07) is 12.5. The van der Waals surface area contributed by atoms with Gasteiger partial charge in [-0.15, -0.1) is 0 Å². The van der Waals surface area contributed by atoms with Crippen molar-refractivity contribution in [2.45, 2.75) is 32.3 Å². The third-order valence-corrected chi connectivity index (χ3v) is 6.87. The van der Waals surface area contributed by atoms with Gasteiger partial charge in [0, 0.05) is 42.0 Å². The summed E-state index contributed by atoms with van der Waals surface area (Å²) in [5.74, 6) is -0.329. The van der Waals surface area contributed by atoms with Crippen LogP contribution in [0.25, 0.3) is 0 Å². The highest BCUT2D eigenvalue weighted by molar-refractivity contribution is 9.10. The minimum absolute atomic E-state index is 0.0748. The molecule has 2 saturated heterocycles. The monoisotopic (exact) mass is 529 g/mol. The van der Waals surface area contributed by atoms with Gasteiger partial charge in [0.25, 0.3) is 5.91 Å². The van der Waals surface area contributed by atoms with Crippen LogP contribution >= 0.6 is 15.9 Å². The lowest BCUT2D eigenvalue weighted by Gasteiger charge is -2.18. The number of rotatable bonds is 8. The summed E-state index contributed by atoms with van der Waals surface area (Å²) in [6.07, 6.45) is 2.23. The van der Waals surface area contributed by atoms with E-state index < -0.39 is 0 Å². The van der Waals surface area contributed by atoms with Crippen molar-refractivity contribution >= 4 is 45.0 Å². The summed E-state index contributed by atoms with van der Waals surface area (Å²) in [4.78, 5) is 38.8. The molecule has 0 radical (unpaired) electrons. The minimum Gasteiger partial charge on any atom is -0.484 e. The van der Waals surface area contributed by atoms with Crippen LogP contribution < -0.4 is 20.3 Å². The van der Waals surface area contributed by atoms with Gasteiger partial charge in [0.2, 0.25) is 11.8 Å². The van der Waals surface area contributed by atoms with Crippen LogP contribution in [0, 0.1) is 12.8 Å². The van der Waals surface area contributed by atoms with E-state index in [1.54, 1.807) is 29.2 Å². The summed E-state index contributed by atoms with van der Waals surface area (Å²) in [5.41, 5.74) is 2.42. The fourth-order valence-electron chi connectivity index (χ4n) is 4.09. The molecule has 34 heavy (non-hydrogen) atoms. The molecule has 9 heteroatoms. The first kappa shape index (κ1) is 24.2. The lowest BCUT2D eigenvalue weighted by Crippen LogP contribution is -2.37. The molecule has 0 bridgehead atoms. The molecule has 2 aliphatic rings. The van der Waals surface area contributed by atoms with E-state index in [1.165, 1.54) is 0 Å².